The summed E-state index contributed by atoms with van der Waals surface area (Å²) in [7, 11) is -3.03. The van der Waals surface area contributed by atoms with Gasteiger partial charge in [-0.3, -0.25) is 14.3 Å². The van der Waals surface area contributed by atoms with Gasteiger partial charge in [-0.05, 0) is 63.1 Å². The SMILES string of the molecule is O=c1c2ccccc2nc(C2CCCN2CC2(O)CCS(=O)(=O)CC2)n1CC1CC1. The van der Waals surface area contributed by atoms with E-state index in [0.717, 1.165) is 43.6 Å². The molecule has 1 atom stereocenters. The average molecular weight is 432 g/mol. The van der Waals surface area contributed by atoms with Crippen molar-refractivity contribution in [3.63, 3.8) is 0 Å². The number of hydrogen-bond donors (Lipinski definition) is 1. The highest BCUT2D eigenvalue weighted by atomic mass is 32.2. The number of rotatable bonds is 5. The standard InChI is InChI=1S/C22H29N3O4S/c26-21-17-4-1-2-5-18(17)23-20(25(21)14-16-7-8-16)19-6-3-11-24(19)15-22(27)9-12-30(28,29)13-10-22/h1-2,4-5,16,19,27H,3,6-15H2. The molecule has 0 spiro atoms. The van der Waals surface area contributed by atoms with Crippen LogP contribution < -0.4 is 5.56 Å². The summed E-state index contributed by atoms with van der Waals surface area (Å²) in [5.41, 5.74) is -0.248. The fourth-order valence-corrected chi connectivity index (χ4v) is 6.52. The lowest BCUT2D eigenvalue weighted by atomic mass is 9.95. The van der Waals surface area contributed by atoms with Gasteiger partial charge in [0.2, 0.25) is 0 Å². The summed E-state index contributed by atoms with van der Waals surface area (Å²) in [6.07, 6.45) is 4.73. The highest BCUT2D eigenvalue weighted by molar-refractivity contribution is 7.91. The quantitative estimate of drug-likeness (QED) is 0.777. The number of aromatic nitrogens is 2. The third-order valence-corrected chi connectivity index (χ3v) is 8.60. The molecule has 0 amide bonds. The normalized spacial score (nSPS) is 26.2. The molecule has 2 aliphatic heterocycles. The van der Waals surface area contributed by atoms with Crippen LogP contribution in [-0.2, 0) is 16.4 Å². The minimum atomic E-state index is -3.03. The number of nitrogens with zero attached hydrogens (tertiary/aromatic N) is 3. The third-order valence-electron chi connectivity index (χ3n) is 6.94. The molecule has 5 rings (SSSR count). The van der Waals surface area contributed by atoms with Crippen molar-refractivity contribution in [3.8, 4) is 0 Å². The van der Waals surface area contributed by atoms with Gasteiger partial charge < -0.3 is 5.11 Å². The van der Waals surface area contributed by atoms with Crippen molar-refractivity contribution in [3.05, 3.63) is 40.4 Å². The molecule has 2 aromatic rings. The number of hydrogen-bond acceptors (Lipinski definition) is 6. The summed E-state index contributed by atoms with van der Waals surface area (Å²) in [5.74, 6) is 1.44. The molecule has 1 aromatic carbocycles. The topological polar surface area (TPSA) is 92.5 Å². The van der Waals surface area contributed by atoms with Crippen LogP contribution in [0.25, 0.3) is 10.9 Å². The molecule has 1 unspecified atom stereocenters. The van der Waals surface area contributed by atoms with Crippen molar-refractivity contribution < 1.29 is 13.5 Å². The maximum absolute atomic E-state index is 13.3. The summed E-state index contributed by atoms with van der Waals surface area (Å²) < 4.78 is 25.5. The first kappa shape index (κ1) is 20.2. The first-order valence-corrected chi connectivity index (χ1v) is 12.8. The van der Waals surface area contributed by atoms with Crippen LogP contribution in [0.3, 0.4) is 0 Å². The number of fused-ring (bicyclic) bond motifs is 1. The largest absolute Gasteiger partial charge is 0.388 e. The molecule has 2 saturated heterocycles. The lowest BCUT2D eigenvalue weighted by Gasteiger charge is -2.37. The highest BCUT2D eigenvalue weighted by Crippen LogP contribution is 2.36. The second-order valence-corrected chi connectivity index (χ2v) is 11.7. The monoisotopic (exact) mass is 431 g/mol. The van der Waals surface area contributed by atoms with Crippen LogP contribution in [0.1, 0.15) is 50.4 Å². The van der Waals surface area contributed by atoms with E-state index in [4.69, 9.17) is 4.98 Å². The van der Waals surface area contributed by atoms with Crippen LogP contribution >= 0.6 is 0 Å². The highest BCUT2D eigenvalue weighted by Gasteiger charge is 2.41. The Morgan fingerprint density at radius 3 is 2.60 bits per heavy atom. The Morgan fingerprint density at radius 1 is 1.13 bits per heavy atom. The van der Waals surface area contributed by atoms with Gasteiger partial charge >= 0.3 is 0 Å². The fourth-order valence-electron chi connectivity index (χ4n) is 4.94. The average Bonchev–Trinajstić information content (AvgIpc) is 3.43. The number of aliphatic hydroxyl groups is 1. The zero-order valence-corrected chi connectivity index (χ0v) is 18.0. The minimum absolute atomic E-state index is 0.0244. The molecule has 1 aliphatic carbocycles. The summed E-state index contributed by atoms with van der Waals surface area (Å²) in [6, 6.07) is 7.49. The fraction of sp³-hybridized carbons (Fsp3) is 0.636. The molecule has 1 saturated carbocycles. The molecule has 3 fully saturated rings. The van der Waals surface area contributed by atoms with Crippen molar-refractivity contribution in [2.45, 2.75) is 56.7 Å². The van der Waals surface area contributed by atoms with Crippen LogP contribution in [0.5, 0.6) is 0 Å². The first-order valence-electron chi connectivity index (χ1n) is 11.0. The third kappa shape index (κ3) is 3.92. The smallest absolute Gasteiger partial charge is 0.261 e. The Hall–Kier alpha value is -1.77. The minimum Gasteiger partial charge on any atom is -0.388 e. The van der Waals surface area contributed by atoms with Gasteiger partial charge in [0.15, 0.2) is 9.84 Å². The molecule has 3 heterocycles. The first-order chi connectivity index (χ1) is 14.3. The second-order valence-electron chi connectivity index (χ2n) is 9.35. The van der Waals surface area contributed by atoms with Crippen LogP contribution in [0.15, 0.2) is 29.1 Å². The van der Waals surface area contributed by atoms with Gasteiger partial charge in [-0.2, -0.15) is 0 Å². The molecule has 162 valence electrons. The Balaban J connectivity index is 1.48. The van der Waals surface area contributed by atoms with Crippen LogP contribution in [-0.4, -0.2) is 58.2 Å². The molecule has 3 aliphatic rings. The number of likely N-dealkylation sites (tertiary alicyclic amines) is 1. The Kier molecular flexibility index (Phi) is 4.99. The van der Waals surface area contributed by atoms with Gasteiger partial charge in [-0.25, -0.2) is 13.4 Å². The molecular weight excluding hydrogens is 402 g/mol. The van der Waals surface area contributed by atoms with Crippen LogP contribution in [0.2, 0.25) is 0 Å². The van der Waals surface area contributed by atoms with Gasteiger partial charge in [0.1, 0.15) is 5.82 Å². The zero-order chi connectivity index (χ0) is 20.9. The van der Waals surface area contributed by atoms with Crippen molar-refractivity contribution >= 4 is 20.7 Å². The van der Waals surface area contributed by atoms with Crippen molar-refractivity contribution in [1.29, 1.82) is 0 Å². The predicted octanol–water partition coefficient (Wildman–Crippen LogP) is 1.88. The Labute approximate surface area is 176 Å². The number of benzene rings is 1. The van der Waals surface area contributed by atoms with E-state index >= 15 is 0 Å². The van der Waals surface area contributed by atoms with Crippen molar-refractivity contribution in [2.75, 3.05) is 24.6 Å². The summed E-state index contributed by atoms with van der Waals surface area (Å²) in [5, 5.41) is 11.7. The van der Waals surface area contributed by atoms with Crippen LogP contribution in [0, 0.1) is 5.92 Å². The number of para-hydroxylation sites is 1. The molecule has 7 nitrogen and oxygen atoms in total. The van der Waals surface area contributed by atoms with E-state index in [-0.39, 0.29) is 35.9 Å². The van der Waals surface area contributed by atoms with E-state index in [1.807, 2.05) is 28.8 Å². The molecule has 0 bridgehead atoms. The van der Waals surface area contributed by atoms with Crippen molar-refractivity contribution in [1.82, 2.24) is 14.5 Å². The maximum Gasteiger partial charge on any atom is 0.261 e. The van der Waals surface area contributed by atoms with E-state index in [2.05, 4.69) is 4.90 Å². The van der Waals surface area contributed by atoms with Crippen molar-refractivity contribution in [2.24, 2.45) is 5.92 Å². The van der Waals surface area contributed by atoms with Gasteiger partial charge in [0.25, 0.3) is 5.56 Å². The lowest BCUT2D eigenvalue weighted by Crippen LogP contribution is -2.48. The van der Waals surface area contributed by atoms with E-state index in [0.29, 0.717) is 24.4 Å². The van der Waals surface area contributed by atoms with Gasteiger partial charge in [-0.15, -0.1) is 0 Å². The summed E-state index contributed by atoms with van der Waals surface area (Å²) in [4.78, 5) is 20.4. The van der Waals surface area contributed by atoms with Gasteiger partial charge in [0, 0.05) is 13.1 Å². The van der Waals surface area contributed by atoms with E-state index < -0.39 is 15.4 Å². The predicted molar refractivity (Wildman–Crippen MR) is 115 cm³/mol. The van der Waals surface area contributed by atoms with E-state index in [1.165, 1.54) is 0 Å². The number of β-amino-alcohol motifs (C(OH)–C–C–N with tert-alkyl or cyclic N) is 1. The Bertz CT molecular complexity index is 1110. The number of sulfone groups is 1. The molecule has 30 heavy (non-hydrogen) atoms. The molecule has 8 heteroatoms. The van der Waals surface area contributed by atoms with Crippen LogP contribution in [0.4, 0.5) is 0 Å². The van der Waals surface area contributed by atoms with E-state index in [9.17, 15) is 18.3 Å². The van der Waals surface area contributed by atoms with Gasteiger partial charge in [0.05, 0.1) is 34.1 Å². The molecule has 1 N–H and O–H groups in total. The summed E-state index contributed by atoms with van der Waals surface area (Å²) >= 11 is 0. The van der Waals surface area contributed by atoms with E-state index in [1.54, 1.807) is 0 Å². The summed E-state index contributed by atoms with van der Waals surface area (Å²) in [6.45, 7) is 1.96. The molecule has 1 aromatic heterocycles. The molecule has 0 radical (unpaired) electrons. The molecular formula is C22H29N3O4S. The van der Waals surface area contributed by atoms with Gasteiger partial charge in [-0.1, -0.05) is 12.1 Å². The maximum atomic E-state index is 13.3. The zero-order valence-electron chi connectivity index (χ0n) is 17.2. The Morgan fingerprint density at radius 2 is 1.87 bits per heavy atom. The lowest BCUT2D eigenvalue weighted by molar-refractivity contribution is -0.00958. The second kappa shape index (κ2) is 7.43.